The van der Waals surface area contributed by atoms with Gasteiger partial charge in [-0.15, -0.1) is 0 Å². The van der Waals surface area contributed by atoms with Crippen molar-refractivity contribution in [3.63, 3.8) is 0 Å². The van der Waals surface area contributed by atoms with E-state index in [1.165, 1.54) is 0 Å². The number of urea groups is 1. The maximum atomic E-state index is 11.5. The van der Waals surface area contributed by atoms with Crippen molar-refractivity contribution in [1.29, 1.82) is 0 Å². The average Bonchev–Trinajstić information content (AvgIpc) is 3.07. The molecule has 2 amide bonds. The number of nitrogens with zero attached hydrogens (tertiary/aromatic N) is 3. The number of aromatic nitrogens is 3. The maximum Gasteiger partial charge on any atom is 0.315 e. The van der Waals surface area contributed by atoms with Gasteiger partial charge in [0, 0.05) is 31.2 Å². The standard InChI is InChI=1S/C13H15N5O/c19-13(17-11-3-4-11)15-9-10-2-5-12(14-8-10)18-7-1-6-16-18/h1-2,5-8,11H,3-4,9H2,(H2,15,17,19). The van der Waals surface area contributed by atoms with Gasteiger partial charge in [0.25, 0.3) is 0 Å². The first-order chi connectivity index (χ1) is 9.31. The highest BCUT2D eigenvalue weighted by molar-refractivity contribution is 5.74. The van der Waals surface area contributed by atoms with E-state index in [0.29, 0.717) is 12.6 Å². The van der Waals surface area contributed by atoms with Gasteiger partial charge in [-0.25, -0.2) is 14.5 Å². The van der Waals surface area contributed by atoms with Crippen molar-refractivity contribution in [2.45, 2.75) is 25.4 Å². The topological polar surface area (TPSA) is 71.8 Å². The van der Waals surface area contributed by atoms with Crippen LogP contribution < -0.4 is 10.6 Å². The Labute approximate surface area is 110 Å². The lowest BCUT2D eigenvalue weighted by molar-refractivity contribution is 0.240. The molecule has 1 aliphatic rings. The third-order valence-corrected chi connectivity index (χ3v) is 2.91. The van der Waals surface area contributed by atoms with Crippen LogP contribution in [0.15, 0.2) is 36.8 Å². The quantitative estimate of drug-likeness (QED) is 0.865. The molecule has 1 aliphatic carbocycles. The van der Waals surface area contributed by atoms with Crippen molar-refractivity contribution in [3.8, 4) is 5.82 Å². The zero-order chi connectivity index (χ0) is 13.1. The van der Waals surface area contributed by atoms with Crippen LogP contribution in [0.3, 0.4) is 0 Å². The number of pyridine rings is 1. The molecule has 0 spiro atoms. The Morgan fingerprint density at radius 1 is 1.42 bits per heavy atom. The Bertz CT molecular complexity index is 545. The van der Waals surface area contributed by atoms with Gasteiger partial charge >= 0.3 is 6.03 Å². The molecule has 0 saturated heterocycles. The molecule has 0 aromatic carbocycles. The Balaban J connectivity index is 1.55. The number of hydrogen-bond acceptors (Lipinski definition) is 3. The van der Waals surface area contributed by atoms with E-state index < -0.39 is 0 Å². The molecule has 2 heterocycles. The van der Waals surface area contributed by atoms with Gasteiger partial charge in [-0.1, -0.05) is 6.07 Å². The predicted molar refractivity (Wildman–Crippen MR) is 69.8 cm³/mol. The van der Waals surface area contributed by atoms with Crippen LogP contribution in [-0.2, 0) is 6.54 Å². The molecule has 98 valence electrons. The van der Waals surface area contributed by atoms with E-state index in [9.17, 15) is 4.79 Å². The third-order valence-electron chi connectivity index (χ3n) is 2.91. The first kappa shape index (κ1) is 11.7. The molecule has 3 rings (SSSR count). The van der Waals surface area contributed by atoms with Crippen LogP contribution in [0.5, 0.6) is 0 Å². The van der Waals surface area contributed by atoms with Crippen LogP contribution in [0.2, 0.25) is 0 Å². The Hall–Kier alpha value is -2.37. The van der Waals surface area contributed by atoms with Gasteiger partial charge in [0.1, 0.15) is 0 Å². The van der Waals surface area contributed by atoms with Gasteiger partial charge < -0.3 is 10.6 Å². The number of rotatable bonds is 4. The van der Waals surface area contributed by atoms with Crippen LogP contribution in [0.1, 0.15) is 18.4 Å². The zero-order valence-electron chi connectivity index (χ0n) is 10.4. The van der Waals surface area contributed by atoms with Gasteiger partial charge in [-0.2, -0.15) is 5.10 Å². The molecule has 2 N–H and O–H groups in total. The largest absolute Gasteiger partial charge is 0.335 e. The molecule has 6 nitrogen and oxygen atoms in total. The molecule has 0 radical (unpaired) electrons. The monoisotopic (exact) mass is 257 g/mol. The summed E-state index contributed by atoms with van der Waals surface area (Å²) in [6.45, 7) is 0.477. The van der Waals surface area contributed by atoms with Crippen LogP contribution >= 0.6 is 0 Å². The summed E-state index contributed by atoms with van der Waals surface area (Å²) in [6.07, 6.45) is 7.47. The number of nitrogens with one attached hydrogen (secondary N) is 2. The summed E-state index contributed by atoms with van der Waals surface area (Å²) in [6, 6.07) is 5.92. The van der Waals surface area contributed by atoms with Crippen molar-refractivity contribution in [2.75, 3.05) is 0 Å². The Morgan fingerprint density at radius 3 is 2.95 bits per heavy atom. The fraction of sp³-hybridized carbons (Fsp3) is 0.308. The summed E-state index contributed by atoms with van der Waals surface area (Å²) in [5, 5.41) is 9.79. The van der Waals surface area contributed by atoms with Gasteiger partial charge in [0.15, 0.2) is 5.82 Å². The molecular weight excluding hydrogens is 242 g/mol. The van der Waals surface area contributed by atoms with Crippen LogP contribution in [0.25, 0.3) is 5.82 Å². The van der Waals surface area contributed by atoms with Gasteiger partial charge in [0.2, 0.25) is 0 Å². The summed E-state index contributed by atoms with van der Waals surface area (Å²) < 4.78 is 1.69. The molecule has 0 atom stereocenters. The van der Waals surface area contributed by atoms with Crippen molar-refractivity contribution in [1.82, 2.24) is 25.4 Å². The van der Waals surface area contributed by atoms with E-state index in [1.807, 2.05) is 24.4 Å². The van der Waals surface area contributed by atoms with E-state index in [-0.39, 0.29) is 6.03 Å². The zero-order valence-corrected chi connectivity index (χ0v) is 10.4. The summed E-state index contributed by atoms with van der Waals surface area (Å²) in [7, 11) is 0. The molecule has 0 bridgehead atoms. The lowest BCUT2D eigenvalue weighted by Crippen LogP contribution is -2.36. The van der Waals surface area contributed by atoms with E-state index in [2.05, 4.69) is 20.7 Å². The first-order valence-electron chi connectivity index (χ1n) is 6.30. The predicted octanol–water partition coefficient (Wildman–Crippen LogP) is 1.23. The lowest BCUT2D eigenvalue weighted by Gasteiger charge is -2.07. The minimum atomic E-state index is -0.112. The summed E-state index contributed by atoms with van der Waals surface area (Å²) in [4.78, 5) is 15.8. The van der Waals surface area contributed by atoms with E-state index >= 15 is 0 Å². The second-order valence-corrected chi connectivity index (χ2v) is 4.58. The van der Waals surface area contributed by atoms with Crippen LogP contribution in [0.4, 0.5) is 4.79 Å². The minimum absolute atomic E-state index is 0.112. The van der Waals surface area contributed by atoms with Crippen LogP contribution in [0, 0.1) is 0 Å². The van der Waals surface area contributed by atoms with E-state index in [4.69, 9.17) is 0 Å². The molecule has 2 aromatic rings. The lowest BCUT2D eigenvalue weighted by atomic mass is 10.3. The molecule has 0 aliphatic heterocycles. The highest BCUT2D eigenvalue weighted by atomic mass is 16.2. The van der Waals surface area contributed by atoms with E-state index in [0.717, 1.165) is 24.2 Å². The first-order valence-corrected chi connectivity index (χ1v) is 6.30. The number of hydrogen-bond donors (Lipinski definition) is 2. The second kappa shape index (κ2) is 5.09. The molecular formula is C13H15N5O. The summed E-state index contributed by atoms with van der Waals surface area (Å²) >= 11 is 0. The number of carbonyl (C=O) groups excluding carboxylic acids is 1. The van der Waals surface area contributed by atoms with Gasteiger partial charge in [-0.3, -0.25) is 0 Å². The third kappa shape index (κ3) is 3.09. The highest BCUT2D eigenvalue weighted by Gasteiger charge is 2.22. The van der Waals surface area contributed by atoms with E-state index in [1.54, 1.807) is 17.1 Å². The summed E-state index contributed by atoms with van der Waals surface area (Å²) in [5.41, 5.74) is 0.960. The smallest absolute Gasteiger partial charge is 0.315 e. The minimum Gasteiger partial charge on any atom is -0.335 e. The van der Waals surface area contributed by atoms with Crippen molar-refractivity contribution in [2.24, 2.45) is 0 Å². The van der Waals surface area contributed by atoms with Gasteiger partial charge in [-0.05, 0) is 30.5 Å². The number of carbonyl (C=O) groups is 1. The molecule has 1 fully saturated rings. The Morgan fingerprint density at radius 2 is 2.32 bits per heavy atom. The van der Waals surface area contributed by atoms with Crippen molar-refractivity contribution < 1.29 is 4.79 Å². The van der Waals surface area contributed by atoms with Crippen molar-refractivity contribution >= 4 is 6.03 Å². The summed E-state index contributed by atoms with van der Waals surface area (Å²) in [5.74, 6) is 0.760. The molecule has 19 heavy (non-hydrogen) atoms. The normalized spacial score (nSPS) is 14.1. The second-order valence-electron chi connectivity index (χ2n) is 4.58. The average molecular weight is 257 g/mol. The highest BCUT2D eigenvalue weighted by Crippen LogP contribution is 2.18. The number of amides is 2. The fourth-order valence-electron chi connectivity index (χ4n) is 1.71. The van der Waals surface area contributed by atoms with Gasteiger partial charge in [0.05, 0.1) is 0 Å². The Kier molecular flexibility index (Phi) is 3.14. The molecule has 6 heteroatoms. The maximum absolute atomic E-state index is 11.5. The fourth-order valence-corrected chi connectivity index (χ4v) is 1.71. The molecule has 1 saturated carbocycles. The SMILES string of the molecule is O=C(NCc1ccc(-n2cccn2)nc1)NC1CC1. The molecule has 0 unspecified atom stereocenters. The van der Waals surface area contributed by atoms with Crippen molar-refractivity contribution in [3.05, 3.63) is 42.4 Å². The molecule has 2 aromatic heterocycles. The van der Waals surface area contributed by atoms with Crippen LogP contribution in [-0.4, -0.2) is 26.8 Å².